The van der Waals surface area contributed by atoms with Crippen LogP contribution in [-0.2, 0) is 9.53 Å². The van der Waals surface area contributed by atoms with Gasteiger partial charge in [0.05, 0.1) is 19.1 Å². The Morgan fingerprint density at radius 3 is 2.67 bits per heavy atom. The van der Waals surface area contributed by atoms with E-state index in [0.717, 1.165) is 11.3 Å². The fourth-order valence-corrected chi connectivity index (χ4v) is 1.66. The van der Waals surface area contributed by atoms with Gasteiger partial charge in [-0.15, -0.1) is 0 Å². The monoisotopic (exact) mass is 251 g/mol. The molecule has 1 aromatic heterocycles. The van der Waals surface area contributed by atoms with E-state index >= 15 is 0 Å². The maximum atomic E-state index is 11.4. The van der Waals surface area contributed by atoms with Crippen LogP contribution in [0.2, 0.25) is 0 Å². The lowest BCUT2D eigenvalue weighted by atomic mass is 10.1. The first-order valence-corrected chi connectivity index (χ1v) is 5.54. The smallest absolute Gasteiger partial charge is 0.307 e. The Labute approximate surface area is 106 Å². The number of anilines is 1. The molecule has 6 heteroatoms. The highest BCUT2D eigenvalue weighted by Gasteiger charge is 2.14. The van der Waals surface area contributed by atoms with Crippen molar-refractivity contribution in [1.29, 1.82) is 0 Å². The minimum Gasteiger partial charge on any atom is -0.469 e. The van der Waals surface area contributed by atoms with Crippen molar-refractivity contribution in [2.24, 2.45) is 5.73 Å². The van der Waals surface area contributed by atoms with Gasteiger partial charge < -0.3 is 15.8 Å². The molecule has 0 saturated heterocycles. The summed E-state index contributed by atoms with van der Waals surface area (Å²) in [6.07, 6.45) is 0.198. The molecule has 0 spiro atoms. The van der Waals surface area contributed by atoms with Gasteiger partial charge in [-0.05, 0) is 25.5 Å². The van der Waals surface area contributed by atoms with Gasteiger partial charge in [-0.3, -0.25) is 9.59 Å². The van der Waals surface area contributed by atoms with Crippen LogP contribution in [0.15, 0.2) is 6.07 Å². The molecule has 0 aromatic carbocycles. The van der Waals surface area contributed by atoms with E-state index in [-0.39, 0.29) is 12.4 Å². The third-order valence-corrected chi connectivity index (χ3v) is 2.44. The third kappa shape index (κ3) is 3.44. The number of aryl methyl sites for hydroxylation is 2. The van der Waals surface area contributed by atoms with Crippen LogP contribution < -0.4 is 11.1 Å². The fourth-order valence-electron chi connectivity index (χ4n) is 1.66. The molecule has 1 heterocycles. The number of nitrogens with one attached hydrogen (secondary N) is 1. The predicted molar refractivity (Wildman–Crippen MR) is 67.4 cm³/mol. The van der Waals surface area contributed by atoms with Crippen molar-refractivity contribution < 1.29 is 14.3 Å². The highest BCUT2D eigenvalue weighted by molar-refractivity contribution is 5.99. The Kier molecular flexibility index (Phi) is 4.65. The zero-order valence-corrected chi connectivity index (χ0v) is 10.7. The number of amides is 1. The van der Waals surface area contributed by atoms with E-state index in [4.69, 9.17) is 5.73 Å². The van der Waals surface area contributed by atoms with Gasteiger partial charge in [0.1, 0.15) is 5.82 Å². The summed E-state index contributed by atoms with van der Waals surface area (Å²) in [6.45, 7) is 3.95. The van der Waals surface area contributed by atoms with Crippen LogP contribution >= 0.6 is 0 Å². The Hall–Kier alpha value is -2.11. The number of nitrogens with zero attached hydrogens (tertiary/aromatic N) is 1. The molecule has 1 amide bonds. The van der Waals surface area contributed by atoms with Crippen LogP contribution in [0.3, 0.4) is 0 Å². The lowest BCUT2D eigenvalue weighted by Gasteiger charge is -2.12. The number of carbonyl (C=O) groups is 2. The highest BCUT2D eigenvalue weighted by Crippen LogP contribution is 2.18. The quantitative estimate of drug-likeness (QED) is 0.754. The van der Waals surface area contributed by atoms with Gasteiger partial charge in [-0.1, -0.05) is 0 Å². The normalized spacial score (nSPS) is 9.94. The van der Waals surface area contributed by atoms with E-state index < -0.39 is 5.91 Å². The summed E-state index contributed by atoms with van der Waals surface area (Å²) in [6, 6.07) is 1.78. The summed E-state index contributed by atoms with van der Waals surface area (Å²) >= 11 is 0. The number of pyridine rings is 1. The second-order valence-corrected chi connectivity index (χ2v) is 3.92. The first kappa shape index (κ1) is 14.0. The highest BCUT2D eigenvalue weighted by atomic mass is 16.5. The van der Waals surface area contributed by atoms with Crippen molar-refractivity contribution >= 4 is 17.7 Å². The molecule has 0 atom stereocenters. The number of ether oxygens (including phenoxy) is 1. The molecule has 0 saturated carbocycles. The van der Waals surface area contributed by atoms with Gasteiger partial charge in [0.25, 0.3) is 5.91 Å². The van der Waals surface area contributed by atoms with Crippen molar-refractivity contribution in [3.63, 3.8) is 0 Å². The number of carbonyl (C=O) groups excluding carboxylic acids is 2. The van der Waals surface area contributed by atoms with Crippen molar-refractivity contribution in [3.05, 3.63) is 22.9 Å². The number of hydrogen-bond acceptors (Lipinski definition) is 5. The minimum atomic E-state index is -0.541. The lowest BCUT2D eigenvalue weighted by Crippen LogP contribution is -2.19. The van der Waals surface area contributed by atoms with Crippen LogP contribution in [0, 0.1) is 13.8 Å². The summed E-state index contributed by atoms with van der Waals surface area (Å²) in [5.74, 6) is -0.461. The molecular weight excluding hydrogens is 234 g/mol. The van der Waals surface area contributed by atoms with Gasteiger partial charge in [0.2, 0.25) is 0 Å². The Balaban J connectivity index is 2.87. The zero-order valence-electron chi connectivity index (χ0n) is 10.7. The second-order valence-electron chi connectivity index (χ2n) is 3.92. The molecule has 1 aromatic rings. The minimum absolute atomic E-state index is 0.198. The predicted octanol–water partition coefficient (Wildman–Crippen LogP) is 0.772. The van der Waals surface area contributed by atoms with Crippen LogP contribution in [0.4, 0.5) is 5.82 Å². The summed E-state index contributed by atoms with van der Waals surface area (Å²) in [5, 5.41) is 2.93. The number of methoxy groups -OCH3 is 1. The van der Waals surface area contributed by atoms with Gasteiger partial charge >= 0.3 is 5.97 Å². The Morgan fingerprint density at radius 1 is 1.44 bits per heavy atom. The molecule has 6 nitrogen and oxygen atoms in total. The Morgan fingerprint density at radius 2 is 2.11 bits per heavy atom. The fraction of sp³-hybridized carbons (Fsp3) is 0.417. The largest absolute Gasteiger partial charge is 0.469 e. The second kappa shape index (κ2) is 6.00. The summed E-state index contributed by atoms with van der Waals surface area (Å²) in [7, 11) is 1.33. The zero-order chi connectivity index (χ0) is 13.7. The Bertz CT molecular complexity index is 472. The number of primary amides is 1. The molecule has 98 valence electrons. The van der Waals surface area contributed by atoms with E-state index in [1.807, 2.05) is 6.92 Å². The van der Waals surface area contributed by atoms with Crippen molar-refractivity contribution in [2.45, 2.75) is 20.3 Å². The van der Waals surface area contributed by atoms with E-state index in [1.54, 1.807) is 13.0 Å². The van der Waals surface area contributed by atoms with Crippen molar-refractivity contribution in [2.75, 3.05) is 19.0 Å². The molecule has 0 fully saturated rings. The molecule has 0 unspecified atom stereocenters. The average molecular weight is 251 g/mol. The summed E-state index contributed by atoms with van der Waals surface area (Å²) < 4.78 is 4.52. The van der Waals surface area contributed by atoms with E-state index in [0.29, 0.717) is 17.9 Å². The van der Waals surface area contributed by atoms with Crippen LogP contribution in [0.1, 0.15) is 28.0 Å². The maximum Gasteiger partial charge on any atom is 0.307 e. The molecule has 3 N–H and O–H groups in total. The first-order chi connectivity index (χ1) is 8.45. The average Bonchev–Trinajstić information content (AvgIpc) is 2.27. The van der Waals surface area contributed by atoms with Crippen LogP contribution in [0.5, 0.6) is 0 Å². The van der Waals surface area contributed by atoms with Crippen LogP contribution in [0.25, 0.3) is 0 Å². The number of rotatable bonds is 5. The molecule has 1 rings (SSSR count). The summed E-state index contributed by atoms with van der Waals surface area (Å²) in [4.78, 5) is 26.6. The number of esters is 1. The SMILES string of the molecule is COC(=O)CCNc1nc(C)cc(C)c1C(N)=O. The molecule has 18 heavy (non-hydrogen) atoms. The van der Waals surface area contributed by atoms with Gasteiger partial charge in [0, 0.05) is 12.2 Å². The van der Waals surface area contributed by atoms with Gasteiger partial charge in [-0.2, -0.15) is 0 Å². The molecular formula is C12H17N3O3. The van der Waals surface area contributed by atoms with Crippen molar-refractivity contribution in [1.82, 2.24) is 4.98 Å². The van der Waals surface area contributed by atoms with Crippen LogP contribution in [-0.4, -0.2) is 30.5 Å². The summed E-state index contributed by atoms with van der Waals surface area (Å²) in [5.41, 5.74) is 7.20. The molecule has 0 aliphatic heterocycles. The topological polar surface area (TPSA) is 94.3 Å². The first-order valence-electron chi connectivity index (χ1n) is 5.54. The number of hydrogen-bond donors (Lipinski definition) is 2. The van der Waals surface area contributed by atoms with E-state index in [1.165, 1.54) is 7.11 Å². The molecule has 0 bridgehead atoms. The van der Waals surface area contributed by atoms with E-state index in [9.17, 15) is 9.59 Å². The molecule has 0 radical (unpaired) electrons. The van der Waals surface area contributed by atoms with Gasteiger partial charge in [-0.25, -0.2) is 4.98 Å². The van der Waals surface area contributed by atoms with E-state index in [2.05, 4.69) is 15.0 Å². The standard InChI is InChI=1S/C12H17N3O3/c1-7-6-8(2)15-12(10(7)11(13)17)14-5-4-9(16)18-3/h6H,4-5H2,1-3H3,(H2,13,17)(H,14,15). The third-order valence-electron chi connectivity index (χ3n) is 2.44. The number of nitrogens with two attached hydrogens (primary N) is 1. The van der Waals surface area contributed by atoms with Crippen molar-refractivity contribution in [3.8, 4) is 0 Å². The van der Waals surface area contributed by atoms with Gasteiger partial charge in [0.15, 0.2) is 0 Å². The molecule has 0 aliphatic carbocycles. The lowest BCUT2D eigenvalue weighted by molar-refractivity contribution is -0.140. The molecule has 0 aliphatic rings. The number of aromatic nitrogens is 1. The maximum absolute atomic E-state index is 11.4.